The van der Waals surface area contributed by atoms with Crippen LogP contribution in [0, 0.1) is 11.8 Å². The van der Waals surface area contributed by atoms with Gasteiger partial charge in [-0.1, -0.05) is 39.0 Å². The Morgan fingerprint density at radius 2 is 1.88 bits per heavy atom. The van der Waals surface area contributed by atoms with E-state index in [-0.39, 0.29) is 17.9 Å². The lowest BCUT2D eigenvalue weighted by Crippen LogP contribution is -2.40. The summed E-state index contributed by atoms with van der Waals surface area (Å²) in [6, 6.07) is -0.0559. The number of amides is 1. The summed E-state index contributed by atoms with van der Waals surface area (Å²) in [5, 5.41) is 0. The predicted octanol–water partition coefficient (Wildman–Crippen LogP) is 2.40. The van der Waals surface area contributed by atoms with E-state index in [2.05, 4.69) is 0 Å². The van der Waals surface area contributed by atoms with Gasteiger partial charge in [0.1, 0.15) is 0 Å². The van der Waals surface area contributed by atoms with E-state index in [1.54, 1.807) is 0 Å². The molecule has 0 radical (unpaired) electrons. The van der Waals surface area contributed by atoms with E-state index >= 15 is 0 Å². The molecule has 3 nitrogen and oxygen atoms in total. The molecule has 0 aromatic carbocycles. The van der Waals surface area contributed by atoms with Crippen LogP contribution in [0.4, 0.5) is 0 Å². The van der Waals surface area contributed by atoms with Crippen molar-refractivity contribution in [2.45, 2.75) is 58.4 Å². The molecule has 0 aromatic heterocycles. The predicted molar refractivity (Wildman–Crippen MR) is 71.6 cm³/mol. The number of carbonyl (C=O) groups excluding carboxylic acids is 1. The standard InChI is InChI=1S/C14H28N2O/c1-11(12(2)15)14(17)16(3)10-9-13-7-5-4-6-8-13/h11-13H,4-10,15H2,1-3H3. The molecular weight excluding hydrogens is 212 g/mol. The van der Waals surface area contributed by atoms with Gasteiger partial charge in [0.2, 0.25) is 5.91 Å². The summed E-state index contributed by atoms with van der Waals surface area (Å²) in [4.78, 5) is 13.9. The minimum absolute atomic E-state index is 0.0559. The molecule has 1 aliphatic carbocycles. The maximum Gasteiger partial charge on any atom is 0.226 e. The normalized spacial score (nSPS) is 20.9. The molecule has 0 bridgehead atoms. The van der Waals surface area contributed by atoms with Crippen molar-refractivity contribution in [2.75, 3.05) is 13.6 Å². The van der Waals surface area contributed by atoms with Gasteiger partial charge in [0.15, 0.2) is 0 Å². The summed E-state index contributed by atoms with van der Waals surface area (Å²) in [6.07, 6.45) is 8.01. The van der Waals surface area contributed by atoms with Gasteiger partial charge in [-0.05, 0) is 19.3 Å². The summed E-state index contributed by atoms with van der Waals surface area (Å²) in [7, 11) is 1.91. The molecule has 1 saturated carbocycles. The Labute approximate surface area is 106 Å². The first-order valence-electron chi connectivity index (χ1n) is 7.03. The van der Waals surface area contributed by atoms with E-state index in [9.17, 15) is 4.79 Å². The van der Waals surface area contributed by atoms with E-state index in [1.165, 1.54) is 32.1 Å². The molecule has 0 saturated heterocycles. The van der Waals surface area contributed by atoms with Gasteiger partial charge >= 0.3 is 0 Å². The van der Waals surface area contributed by atoms with Gasteiger partial charge in [-0.15, -0.1) is 0 Å². The fourth-order valence-electron chi connectivity index (χ4n) is 2.53. The molecule has 0 spiro atoms. The van der Waals surface area contributed by atoms with Crippen molar-refractivity contribution in [3.8, 4) is 0 Å². The highest BCUT2D eigenvalue weighted by molar-refractivity contribution is 5.78. The highest BCUT2D eigenvalue weighted by atomic mass is 16.2. The van der Waals surface area contributed by atoms with Crippen LogP contribution < -0.4 is 5.73 Å². The van der Waals surface area contributed by atoms with Gasteiger partial charge in [-0.2, -0.15) is 0 Å². The second kappa shape index (κ2) is 7.00. The molecule has 1 aliphatic rings. The maximum atomic E-state index is 12.0. The van der Waals surface area contributed by atoms with Crippen molar-refractivity contribution in [2.24, 2.45) is 17.6 Å². The number of nitrogens with zero attached hydrogens (tertiary/aromatic N) is 1. The van der Waals surface area contributed by atoms with Crippen molar-refractivity contribution in [1.29, 1.82) is 0 Å². The Morgan fingerprint density at radius 3 is 2.41 bits per heavy atom. The molecule has 2 atom stereocenters. The summed E-state index contributed by atoms with van der Waals surface area (Å²) in [6.45, 7) is 4.71. The third kappa shape index (κ3) is 4.66. The zero-order valence-corrected chi connectivity index (χ0v) is 11.6. The largest absolute Gasteiger partial charge is 0.345 e. The topological polar surface area (TPSA) is 46.3 Å². The molecule has 17 heavy (non-hydrogen) atoms. The minimum Gasteiger partial charge on any atom is -0.345 e. The first-order valence-corrected chi connectivity index (χ1v) is 7.03. The smallest absolute Gasteiger partial charge is 0.226 e. The highest BCUT2D eigenvalue weighted by Gasteiger charge is 2.21. The monoisotopic (exact) mass is 240 g/mol. The first kappa shape index (κ1) is 14.5. The van der Waals surface area contributed by atoms with Crippen LogP contribution in [0.25, 0.3) is 0 Å². The lowest BCUT2D eigenvalue weighted by Gasteiger charge is -2.27. The average Bonchev–Trinajstić information content (AvgIpc) is 2.35. The van der Waals surface area contributed by atoms with Gasteiger partial charge in [-0.3, -0.25) is 4.79 Å². The van der Waals surface area contributed by atoms with E-state index in [4.69, 9.17) is 5.73 Å². The third-order valence-electron chi connectivity index (χ3n) is 4.15. The van der Waals surface area contributed by atoms with Crippen LogP contribution in [0.2, 0.25) is 0 Å². The summed E-state index contributed by atoms with van der Waals surface area (Å²) in [5.41, 5.74) is 5.77. The molecule has 100 valence electrons. The van der Waals surface area contributed by atoms with Crippen molar-refractivity contribution < 1.29 is 4.79 Å². The molecule has 2 N–H and O–H groups in total. The molecule has 0 aliphatic heterocycles. The van der Waals surface area contributed by atoms with Crippen LogP contribution in [0.1, 0.15) is 52.4 Å². The Kier molecular flexibility index (Phi) is 5.96. The summed E-state index contributed by atoms with van der Waals surface area (Å²) < 4.78 is 0. The van der Waals surface area contributed by atoms with Gasteiger partial charge in [0.25, 0.3) is 0 Å². The zero-order chi connectivity index (χ0) is 12.8. The van der Waals surface area contributed by atoms with Crippen LogP contribution in [-0.4, -0.2) is 30.4 Å². The van der Waals surface area contributed by atoms with Crippen molar-refractivity contribution in [1.82, 2.24) is 4.90 Å². The quantitative estimate of drug-likeness (QED) is 0.802. The lowest BCUT2D eigenvalue weighted by atomic mass is 9.87. The van der Waals surface area contributed by atoms with Crippen molar-refractivity contribution in [3.63, 3.8) is 0 Å². The lowest BCUT2D eigenvalue weighted by molar-refractivity contribution is -0.134. The van der Waals surface area contributed by atoms with Crippen molar-refractivity contribution >= 4 is 5.91 Å². The average molecular weight is 240 g/mol. The fourth-order valence-corrected chi connectivity index (χ4v) is 2.53. The Balaban J connectivity index is 2.28. The minimum atomic E-state index is -0.0636. The Hall–Kier alpha value is -0.570. The van der Waals surface area contributed by atoms with Crippen molar-refractivity contribution in [3.05, 3.63) is 0 Å². The highest BCUT2D eigenvalue weighted by Crippen LogP contribution is 2.26. The van der Waals surface area contributed by atoms with Crippen LogP contribution in [0.3, 0.4) is 0 Å². The number of carbonyl (C=O) groups is 1. The molecule has 0 heterocycles. The Morgan fingerprint density at radius 1 is 1.29 bits per heavy atom. The van der Waals surface area contributed by atoms with Gasteiger partial charge in [-0.25, -0.2) is 0 Å². The van der Waals surface area contributed by atoms with E-state index in [0.29, 0.717) is 0 Å². The molecule has 1 fully saturated rings. The van der Waals surface area contributed by atoms with E-state index in [0.717, 1.165) is 18.9 Å². The number of nitrogens with two attached hydrogens (primary N) is 1. The Bertz CT molecular complexity index is 234. The SMILES string of the molecule is CC(N)C(C)C(=O)N(C)CCC1CCCCC1. The summed E-state index contributed by atoms with van der Waals surface area (Å²) >= 11 is 0. The molecule has 1 rings (SSSR count). The van der Waals surface area contributed by atoms with Crippen LogP contribution in [0.15, 0.2) is 0 Å². The first-order chi connectivity index (χ1) is 8.02. The van der Waals surface area contributed by atoms with E-state index < -0.39 is 0 Å². The number of rotatable bonds is 5. The molecule has 1 amide bonds. The molecule has 3 heteroatoms. The summed E-state index contributed by atoms with van der Waals surface area (Å²) in [5.74, 6) is 0.965. The van der Waals surface area contributed by atoms with Gasteiger partial charge in [0, 0.05) is 19.6 Å². The number of hydrogen-bond acceptors (Lipinski definition) is 2. The molecule has 2 unspecified atom stereocenters. The zero-order valence-electron chi connectivity index (χ0n) is 11.6. The third-order valence-corrected chi connectivity index (χ3v) is 4.15. The van der Waals surface area contributed by atoms with Crippen LogP contribution >= 0.6 is 0 Å². The maximum absolute atomic E-state index is 12.0. The van der Waals surface area contributed by atoms with Gasteiger partial charge in [0.05, 0.1) is 5.92 Å². The second-order valence-electron chi connectivity index (χ2n) is 5.70. The van der Waals surface area contributed by atoms with Crippen LogP contribution in [0.5, 0.6) is 0 Å². The van der Waals surface area contributed by atoms with Gasteiger partial charge < -0.3 is 10.6 Å². The fraction of sp³-hybridized carbons (Fsp3) is 0.929. The second-order valence-corrected chi connectivity index (χ2v) is 5.70. The molecule has 0 aromatic rings. The molecular formula is C14H28N2O. The van der Waals surface area contributed by atoms with E-state index in [1.807, 2.05) is 25.8 Å². The van der Waals surface area contributed by atoms with Crippen LogP contribution in [-0.2, 0) is 4.79 Å². The number of hydrogen-bond donors (Lipinski definition) is 1.